The van der Waals surface area contributed by atoms with Crippen molar-refractivity contribution in [3.8, 4) is 0 Å². The zero-order valence-corrected chi connectivity index (χ0v) is 7.61. The second-order valence-electron chi connectivity index (χ2n) is 2.32. The van der Waals surface area contributed by atoms with E-state index < -0.39 is 35.1 Å². The molecule has 8 heteroatoms. The molecule has 0 unspecified atom stereocenters. The van der Waals surface area contributed by atoms with Gasteiger partial charge in [0.2, 0.25) is 10.0 Å². The Hall–Kier alpha value is -1.15. The fraction of sp³-hybridized carbons (Fsp3) is 0.600. The van der Waals surface area contributed by atoms with Crippen LogP contribution in [-0.2, 0) is 19.6 Å². The molecule has 0 bridgehead atoms. The molecular formula is C5H9NO6S. The van der Waals surface area contributed by atoms with Gasteiger partial charge < -0.3 is 10.2 Å². The summed E-state index contributed by atoms with van der Waals surface area (Å²) < 4.78 is 22.0. The van der Waals surface area contributed by atoms with Gasteiger partial charge in [0.15, 0.2) is 0 Å². The van der Waals surface area contributed by atoms with Crippen molar-refractivity contribution >= 4 is 22.0 Å². The van der Waals surface area contributed by atoms with Gasteiger partial charge in [-0.25, -0.2) is 8.42 Å². The molecule has 0 aliphatic heterocycles. The molecule has 0 spiro atoms. The Bertz CT molecular complexity index is 291. The van der Waals surface area contributed by atoms with Gasteiger partial charge in [0.25, 0.3) is 0 Å². The topological polar surface area (TPSA) is 112 Å². The van der Waals surface area contributed by atoms with E-state index >= 15 is 0 Å². The highest BCUT2D eigenvalue weighted by molar-refractivity contribution is 7.88. The summed E-state index contributed by atoms with van der Waals surface area (Å²) in [7, 11) is -3.78. The molecule has 0 heterocycles. The predicted molar refractivity (Wildman–Crippen MR) is 41.7 cm³/mol. The van der Waals surface area contributed by atoms with Crippen LogP contribution < -0.4 is 0 Å². The van der Waals surface area contributed by atoms with Crippen molar-refractivity contribution < 1.29 is 28.2 Å². The lowest BCUT2D eigenvalue weighted by Gasteiger charge is -2.14. The Morgan fingerprint density at radius 2 is 1.46 bits per heavy atom. The lowest BCUT2D eigenvalue weighted by Crippen LogP contribution is -2.38. The summed E-state index contributed by atoms with van der Waals surface area (Å²) in [6.07, 6.45) is 0.749. The summed E-state index contributed by atoms with van der Waals surface area (Å²) in [5.41, 5.74) is 0. The lowest BCUT2D eigenvalue weighted by molar-refractivity contribution is -0.139. The smallest absolute Gasteiger partial charge is 0.318 e. The maximum Gasteiger partial charge on any atom is 0.318 e. The summed E-state index contributed by atoms with van der Waals surface area (Å²) in [4.78, 5) is 20.3. The van der Waals surface area contributed by atoms with Gasteiger partial charge in [-0.05, 0) is 0 Å². The maximum atomic E-state index is 10.8. The van der Waals surface area contributed by atoms with Crippen molar-refractivity contribution in [1.82, 2.24) is 4.31 Å². The van der Waals surface area contributed by atoms with Gasteiger partial charge in [-0.1, -0.05) is 0 Å². The molecule has 0 amide bonds. The molecule has 0 aromatic heterocycles. The quantitative estimate of drug-likeness (QED) is 0.567. The first kappa shape index (κ1) is 11.8. The minimum absolute atomic E-state index is 0.359. The third-order valence-corrected chi connectivity index (χ3v) is 2.29. The van der Waals surface area contributed by atoms with E-state index in [9.17, 15) is 18.0 Å². The van der Waals surface area contributed by atoms with Crippen LogP contribution in [0.3, 0.4) is 0 Å². The van der Waals surface area contributed by atoms with Crippen LogP contribution >= 0.6 is 0 Å². The van der Waals surface area contributed by atoms with E-state index in [1.807, 2.05) is 0 Å². The number of nitrogens with zero attached hydrogens (tertiary/aromatic N) is 1. The minimum Gasteiger partial charge on any atom is -0.480 e. The zero-order chi connectivity index (χ0) is 10.6. The highest BCUT2D eigenvalue weighted by atomic mass is 32.2. The molecule has 2 N–H and O–H groups in total. The molecule has 0 fully saturated rings. The monoisotopic (exact) mass is 211 g/mol. The van der Waals surface area contributed by atoms with Crippen LogP contribution in [0.5, 0.6) is 0 Å². The van der Waals surface area contributed by atoms with E-state index in [2.05, 4.69) is 0 Å². The van der Waals surface area contributed by atoms with Crippen molar-refractivity contribution in [3.05, 3.63) is 0 Å². The summed E-state index contributed by atoms with van der Waals surface area (Å²) >= 11 is 0. The van der Waals surface area contributed by atoms with Gasteiger partial charge in [-0.2, -0.15) is 4.31 Å². The molecule has 0 aromatic carbocycles. The van der Waals surface area contributed by atoms with Crippen molar-refractivity contribution in [2.75, 3.05) is 19.3 Å². The molecule has 7 nitrogen and oxygen atoms in total. The van der Waals surface area contributed by atoms with Gasteiger partial charge in [-0.3, -0.25) is 9.59 Å². The van der Waals surface area contributed by atoms with E-state index in [1.54, 1.807) is 0 Å². The third kappa shape index (κ3) is 5.15. The normalized spacial score (nSPS) is 11.5. The molecule has 0 aliphatic carbocycles. The van der Waals surface area contributed by atoms with E-state index in [4.69, 9.17) is 10.2 Å². The highest BCUT2D eigenvalue weighted by Crippen LogP contribution is 1.96. The minimum atomic E-state index is -3.78. The fourth-order valence-electron chi connectivity index (χ4n) is 0.592. The van der Waals surface area contributed by atoms with Crippen LogP contribution in [0.15, 0.2) is 0 Å². The number of carboxylic acids is 2. The molecule has 0 saturated heterocycles. The number of carbonyl (C=O) groups is 2. The summed E-state index contributed by atoms with van der Waals surface area (Å²) in [6.45, 7) is -1.68. The first-order chi connectivity index (χ1) is 5.73. The number of rotatable bonds is 5. The Balaban J connectivity index is 4.57. The Morgan fingerprint density at radius 1 is 1.15 bits per heavy atom. The van der Waals surface area contributed by atoms with E-state index in [-0.39, 0.29) is 0 Å². The van der Waals surface area contributed by atoms with Gasteiger partial charge in [-0.15, -0.1) is 0 Å². The lowest BCUT2D eigenvalue weighted by atomic mass is 10.6. The molecule has 0 radical (unpaired) electrons. The molecule has 76 valence electrons. The standard InChI is InChI=1S/C5H9NO6S/c1-13(11,12)6(2-4(7)8)3-5(9)10/h2-3H2,1H3,(H,7,8)(H,9,10). The summed E-state index contributed by atoms with van der Waals surface area (Å²) in [5.74, 6) is -2.79. The third-order valence-electron chi connectivity index (χ3n) is 1.09. The predicted octanol–water partition coefficient (Wildman–Crippen LogP) is -1.58. The van der Waals surface area contributed by atoms with Gasteiger partial charge in [0, 0.05) is 0 Å². The maximum absolute atomic E-state index is 10.8. The van der Waals surface area contributed by atoms with Crippen LogP contribution in [0, 0.1) is 0 Å². The SMILES string of the molecule is CS(=O)(=O)N(CC(=O)O)CC(=O)O. The van der Waals surface area contributed by atoms with Crippen molar-refractivity contribution in [2.45, 2.75) is 0 Å². The van der Waals surface area contributed by atoms with Gasteiger partial charge in [0.1, 0.15) is 13.1 Å². The zero-order valence-electron chi connectivity index (χ0n) is 6.80. The molecule has 0 rings (SSSR count). The van der Waals surface area contributed by atoms with E-state index in [0.29, 0.717) is 4.31 Å². The van der Waals surface area contributed by atoms with Gasteiger partial charge >= 0.3 is 11.9 Å². The van der Waals surface area contributed by atoms with Crippen LogP contribution in [0.4, 0.5) is 0 Å². The van der Waals surface area contributed by atoms with Crippen molar-refractivity contribution in [3.63, 3.8) is 0 Å². The van der Waals surface area contributed by atoms with E-state index in [0.717, 1.165) is 6.26 Å². The second-order valence-corrected chi connectivity index (χ2v) is 4.30. The molecule has 0 atom stereocenters. The number of carboxylic acid groups (broad SMARTS) is 2. The molecule has 0 aromatic rings. The molecule has 0 saturated carbocycles. The second kappa shape index (κ2) is 4.19. The Kier molecular flexibility index (Phi) is 3.82. The molecule has 0 aliphatic rings. The van der Waals surface area contributed by atoms with Crippen LogP contribution in [0.2, 0.25) is 0 Å². The van der Waals surface area contributed by atoms with Crippen molar-refractivity contribution in [1.29, 1.82) is 0 Å². The average Bonchev–Trinajstić information content (AvgIpc) is 1.81. The van der Waals surface area contributed by atoms with E-state index in [1.165, 1.54) is 0 Å². The number of hydrogen-bond acceptors (Lipinski definition) is 4. The first-order valence-corrected chi connectivity index (χ1v) is 4.97. The fourth-order valence-corrected chi connectivity index (χ4v) is 1.28. The average molecular weight is 211 g/mol. The Labute approximate surface area is 74.6 Å². The van der Waals surface area contributed by atoms with Crippen LogP contribution in [0.25, 0.3) is 0 Å². The summed E-state index contributed by atoms with van der Waals surface area (Å²) in [5, 5.41) is 16.5. The highest BCUT2D eigenvalue weighted by Gasteiger charge is 2.22. The number of hydrogen-bond donors (Lipinski definition) is 2. The largest absolute Gasteiger partial charge is 0.480 e. The Morgan fingerprint density at radius 3 is 1.62 bits per heavy atom. The summed E-state index contributed by atoms with van der Waals surface area (Å²) in [6, 6.07) is 0. The first-order valence-electron chi connectivity index (χ1n) is 3.12. The van der Waals surface area contributed by atoms with Crippen LogP contribution in [-0.4, -0.2) is 54.2 Å². The van der Waals surface area contributed by atoms with Gasteiger partial charge in [0.05, 0.1) is 6.26 Å². The molecular weight excluding hydrogens is 202 g/mol. The number of sulfonamides is 1. The molecule has 13 heavy (non-hydrogen) atoms. The van der Waals surface area contributed by atoms with Crippen molar-refractivity contribution in [2.24, 2.45) is 0 Å². The van der Waals surface area contributed by atoms with Crippen LogP contribution in [0.1, 0.15) is 0 Å². The number of aliphatic carboxylic acids is 2.